The van der Waals surface area contributed by atoms with Crippen molar-refractivity contribution in [1.82, 2.24) is 9.88 Å². The van der Waals surface area contributed by atoms with Gasteiger partial charge in [-0.25, -0.2) is 9.78 Å². The molecule has 0 saturated heterocycles. The van der Waals surface area contributed by atoms with Crippen LogP contribution in [0, 0.1) is 12.8 Å². The highest BCUT2D eigenvalue weighted by atomic mass is 16.4. The molecule has 1 aromatic rings. The summed E-state index contributed by atoms with van der Waals surface area (Å²) in [7, 11) is 1.43. The highest BCUT2D eigenvalue weighted by Gasteiger charge is 2.31. The van der Waals surface area contributed by atoms with Crippen molar-refractivity contribution in [2.24, 2.45) is 5.92 Å². The number of amides is 1. The van der Waals surface area contributed by atoms with Crippen molar-refractivity contribution in [3.63, 3.8) is 0 Å². The van der Waals surface area contributed by atoms with E-state index in [0.717, 1.165) is 4.90 Å². The zero-order chi connectivity index (χ0) is 13.2. The van der Waals surface area contributed by atoms with Gasteiger partial charge in [-0.15, -0.1) is 0 Å². The summed E-state index contributed by atoms with van der Waals surface area (Å²) in [5.41, 5.74) is 0. The number of carboxylic acids is 1. The molecule has 0 spiro atoms. The fourth-order valence-corrected chi connectivity index (χ4v) is 1.63. The number of likely N-dealkylation sites (N-methyl/N-ethyl adjacent to an activating group) is 1. The minimum Gasteiger partial charge on any atom is -0.480 e. The van der Waals surface area contributed by atoms with Gasteiger partial charge in [0, 0.05) is 7.05 Å². The average molecular weight is 240 g/mol. The lowest BCUT2D eigenvalue weighted by Crippen LogP contribution is -2.45. The maximum atomic E-state index is 11.9. The van der Waals surface area contributed by atoms with E-state index in [0.29, 0.717) is 5.76 Å². The summed E-state index contributed by atoms with van der Waals surface area (Å²) < 4.78 is 5.08. The Morgan fingerprint density at radius 3 is 2.41 bits per heavy atom. The Balaban J connectivity index is 2.91. The van der Waals surface area contributed by atoms with E-state index in [1.807, 2.05) is 0 Å². The van der Waals surface area contributed by atoms with Gasteiger partial charge in [-0.2, -0.15) is 0 Å². The summed E-state index contributed by atoms with van der Waals surface area (Å²) in [6, 6.07) is -0.894. The van der Waals surface area contributed by atoms with Crippen molar-refractivity contribution >= 4 is 11.9 Å². The van der Waals surface area contributed by atoms with Crippen LogP contribution in [0.1, 0.15) is 30.3 Å². The number of aromatic nitrogens is 1. The predicted molar refractivity (Wildman–Crippen MR) is 59.6 cm³/mol. The molecule has 0 radical (unpaired) electrons. The van der Waals surface area contributed by atoms with E-state index in [-0.39, 0.29) is 11.8 Å². The zero-order valence-electron chi connectivity index (χ0n) is 10.3. The van der Waals surface area contributed by atoms with Gasteiger partial charge in [-0.05, 0) is 12.8 Å². The van der Waals surface area contributed by atoms with Crippen LogP contribution >= 0.6 is 0 Å². The third-order valence-corrected chi connectivity index (χ3v) is 2.43. The van der Waals surface area contributed by atoms with Crippen molar-refractivity contribution in [2.45, 2.75) is 26.8 Å². The predicted octanol–water partition coefficient (Wildman–Crippen LogP) is 1.16. The van der Waals surface area contributed by atoms with Crippen LogP contribution in [0.4, 0.5) is 0 Å². The van der Waals surface area contributed by atoms with Gasteiger partial charge >= 0.3 is 11.9 Å². The molecule has 1 atom stereocenters. The normalized spacial score (nSPS) is 12.5. The monoisotopic (exact) mass is 240 g/mol. The van der Waals surface area contributed by atoms with Gasteiger partial charge < -0.3 is 14.4 Å². The molecule has 0 aliphatic heterocycles. The van der Waals surface area contributed by atoms with E-state index in [2.05, 4.69) is 4.98 Å². The van der Waals surface area contributed by atoms with E-state index in [1.54, 1.807) is 20.8 Å². The number of carbonyl (C=O) groups excluding carboxylic acids is 1. The first-order valence-electron chi connectivity index (χ1n) is 5.27. The molecular weight excluding hydrogens is 224 g/mol. The molecule has 0 bridgehead atoms. The Kier molecular flexibility index (Phi) is 3.88. The molecule has 6 nitrogen and oxygen atoms in total. The van der Waals surface area contributed by atoms with E-state index in [9.17, 15) is 9.59 Å². The van der Waals surface area contributed by atoms with Crippen molar-refractivity contribution < 1.29 is 19.1 Å². The number of oxazole rings is 1. The molecule has 0 fully saturated rings. The number of hydrogen-bond donors (Lipinski definition) is 1. The van der Waals surface area contributed by atoms with Crippen LogP contribution in [0.5, 0.6) is 0 Å². The number of aryl methyl sites for hydroxylation is 1. The summed E-state index contributed by atoms with van der Waals surface area (Å²) in [6.45, 7) is 5.15. The van der Waals surface area contributed by atoms with Crippen LogP contribution in [0.3, 0.4) is 0 Å². The Labute approximate surface area is 99.2 Å². The first-order chi connectivity index (χ1) is 7.84. The molecule has 94 valence electrons. The number of carboxylic acid groups (broad SMARTS) is 1. The minimum atomic E-state index is -1.04. The summed E-state index contributed by atoms with van der Waals surface area (Å²) in [6.07, 6.45) is 1.42. The van der Waals surface area contributed by atoms with E-state index >= 15 is 0 Å². The molecule has 1 unspecified atom stereocenters. The summed E-state index contributed by atoms with van der Waals surface area (Å²) in [5.74, 6) is -1.34. The maximum absolute atomic E-state index is 11.9. The van der Waals surface area contributed by atoms with Gasteiger partial charge in [0.1, 0.15) is 11.8 Å². The second-order valence-corrected chi connectivity index (χ2v) is 4.22. The van der Waals surface area contributed by atoms with Crippen LogP contribution in [0.25, 0.3) is 0 Å². The molecule has 17 heavy (non-hydrogen) atoms. The molecule has 0 aliphatic carbocycles. The Hall–Kier alpha value is -1.85. The molecule has 6 heteroatoms. The highest BCUT2D eigenvalue weighted by Crippen LogP contribution is 2.13. The summed E-state index contributed by atoms with van der Waals surface area (Å²) >= 11 is 0. The Morgan fingerprint density at radius 2 is 2.06 bits per heavy atom. The van der Waals surface area contributed by atoms with Crippen LogP contribution in [-0.4, -0.2) is 40.0 Å². The molecule has 1 N–H and O–H groups in total. The highest BCUT2D eigenvalue weighted by molar-refractivity contribution is 5.92. The third kappa shape index (κ3) is 2.83. The summed E-state index contributed by atoms with van der Waals surface area (Å²) in [5, 5.41) is 9.07. The third-order valence-electron chi connectivity index (χ3n) is 2.43. The van der Waals surface area contributed by atoms with Crippen LogP contribution < -0.4 is 0 Å². The average Bonchev–Trinajstić information content (AvgIpc) is 2.62. The fraction of sp³-hybridized carbons (Fsp3) is 0.545. The molecule has 0 aromatic carbocycles. The molecule has 1 heterocycles. The van der Waals surface area contributed by atoms with Crippen LogP contribution in [-0.2, 0) is 4.79 Å². The number of aliphatic carboxylic acids is 1. The quantitative estimate of drug-likeness (QED) is 0.853. The number of rotatable bonds is 4. The van der Waals surface area contributed by atoms with Gasteiger partial charge in [0.25, 0.3) is 5.89 Å². The molecule has 1 rings (SSSR count). The molecule has 1 aromatic heterocycles. The lowest BCUT2D eigenvalue weighted by molar-refractivity contribution is -0.143. The van der Waals surface area contributed by atoms with Crippen molar-refractivity contribution in [2.75, 3.05) is 7.05 Å². The molecule has 0 aliphatic rings. The topological polar surface area (TPSA) is 83.6 Å². The van der Waals surface area contributed by atoms with Gasteiger partial charge in [0.05, 0.1) is 6.20 Å². The Morgan fingerprint density at radius 1 is 1.47 bits per heavy atom. The lowest BCUT2D eigenvalue weighted by atomic mass is 10.0. The fourth-order valence-electron chi connectivity index (χ4n) is 1.63. The smallest absolute Gasteiger partial charge is 0.326 e. The second kappa shape index (κ2) is 4.99. The van der Waals surface area contributed by atoms with Crippen molar-refractivity contribution in [3.8, 4) is 0 Å². The number of hydrogen-bond acceptors (Lipinski definition) is 4. The first kappa shape index (κ1) is 13.2. The van der Waals surface area contributed by atoms with Gasteiger partial charge in [-0.1, -0.05) is 13.8 Å². The minimum absolute atomic E-state index is 0.0862. The maximum Gasteiger partial charge on any atom is 0.326 e. The van der Waals surface area contributed by atoms with Crippen LogP contribution in [0.15, 0.2) is 10.6 Å². The van der Waals surface area contributed by atoms with Crippen LogP contribution in [0.2, 0.25) is 0 Å². The second-order valence-electron chi connectivity index (χ2n) is 4.22. The van der Waals surface area contributed by atoms with E-state index in [1.165, 1.54) is 13.2 Å². The molecule has 0 saturated carbocycles. The first-order valence-corrected chi connectivity index (χ1v) is 5.27. The largest absolute Gasteiger partial charge is 0.480 e. The lowest BCUT2D eigenvalue weighted by Gasteiger charge is -2.26. The molecule has 1 amide bonds. The van der Waals surface area contributed by atoms with E-state index in [4.69, 9.17) is 9.52 Å². The number of nitrogens with zero attached hydrogens (tertiary/aromatic N) is 2. The summed E-state index contributed by atoms with van der Waals surface area (Å²) in [4.78, 5) is 27.9. The van der Waals surface area contributed by atoms with Gasteiger partial charge in [0.2, 0.25) is 0 Å². The SMILES string of the molecule is Cc1cnc(C(=O)N(C)C(C(=O)O)C(C)C)o1. The van der Waals surface area contributed by atoms with Crippen molar-refractivity contribution in [1.29, 1.82) is 0 Å². The zero-order valence-corrected chi connectivity index (χ0v) is 10.3. The van der Waals surface area contributed by atoms with E-state index < -0.39 is 17.9 Å². The van der Waals surface area contributed by atoms with Gasteiger partial charge in [-0.3, -0.25) is 4.79 Å². The Bertz CT molecular complexity index is 425. The van der Waals surface area contributed by atoms with Gasteiger partial charge in [0.15, 0.2) is 0 Å². The standard InChI is InChI=1S/C11H16N2O4/c1-6(2)8(11(15)16)13(4)10(14)9-12-5-7(3)17-9/h5-6,8H,1-4H3,(H,15,16). The van der Waals surface area contributed by atoms with Crippen molar-refractivity contribution in [3.05, 3.63) is 17.8 Å². The molecular formula is C11H16N2O4. The number of carbonyl (C=O) groups is 2.